The molecule has 0 N–H and O–H groups in total. The molecule has 0 radical (unpaired) electrons. The summed E-state index contributed by atoms with van der Waals surface area (Å²) in [6.07, 6.45) is 1.25. The molecule has 0 fully saturated rings. The maximum absolute atomic E-state index is 2.84. The first kappa shape index (κ1) is 8.39. The first-order valence-corrected chi connectivity index (χ1v) is 3.73. The molecule has 0 rings (SSSR count). The molecule has 2 atom stereocenters. The van der Waals surface area contributed by atoms with Crippen LogP contribution in [0.4, 0.5) is 0 Å². The van der Waals surface area contributed by atoms with Gasteiger partial charge in [0.2, 0.25) is 0 Å². The molecule has 0 spiro atoms. The van der Waals surface area contributed by atoms with Gasteiger partial charge < -0.3 is 4.90 Å². The molecule has 0 aromatic carbocycles. The van der Waals surface area contributed by atoms with E-state index in [0.29, 0.717) is 0 Å². The van der Waals surface area contributed by atoms with Gasteiger partial charge in [-0.25, -0.2) is 0 Å². The normalized spacial score (nSPS) is 14.6. The van der Waals surface area contributed by atoms with E-state index in [1.165, 1.54) is 13.0 Å². The van der Waals surface area contributed by atoms with Crippen LogP contribution < -0.4 is 0 Å². The van der Waals surface area contributed by atoms with Gasteiger partial charge in [0.1, 0.15) is 0 Å². The van der Waals surface area contributed by atoms with Gasteiger partial charge in [0.05, 0.1) is 0 Å². The van der Waals surface area contributed by atoms with Crippen LogP contribution in [-0.4, -0.2) is 31.2 Å². The Labute approximate surface area is 54.7 Å². The third-order valence-corrected chi connectivity index (χ3v) is 1.81. The quantitative estimate of drug-likeness (QED) is 0.523. The summed E-state index contributed by atoms with van der Waals surface area (Å²) in [5.41, 5.74) is 0.769. The van der Waals surface area contributed by atoms with Crippen molar-refractivity contribution in [2.45, 2.75) is 19.0 Å². The van der Waals surface area contributed by atoms with Crippen LogP contribution in [0.2, 0.25) is 0 Å². The van der Waals surface area contributed by atoms with E-state index in [1.54, 1.807) is 0 Å². The molecule has 0 heterocycles. The van der Waals surface area contributed by atoms with E-state index in [2.05, 4.69) is 35.2 Å². The predicted molar refractivity (Wildman–Crippen MR) is 42.3 cm³/mol. The second-order valence-electron chi connectivity index (χ2n) is 2.43. The molecule has 0 aromatic rings. The molecule has 50 valence electrons. The van der Waals surface area contributed by atoms with Crippen molar-refractivity contribution in [3.63, 3.8) is 0 Å². The highest BCUT2D eigenvalue weighted by Crippen LogP contribution is 2.04. The lowest BCUT2D eigenvalue weighted by atomic mass is 10.3. The Bertz CT molecular complexity index is 54.5. The standard InChI is InChI=1S/C6H16NP/c1-4-6(8)5-7(2)3/h6H,4-5,8H2,1-3H3. The Morgan fingerprint density at radius 1 is 1.50 bits per heavy atom. The monoisotopic (exact) mass is 133 g/mol. The van der Waals surface area contributed by atoms with E-state index in [4.69, 9.17) is 0 Å². The van der Waals surface area contributed by atoms with Crippen LogP contribution in [0.3, 0.4) is 0 Å². The molecule has 2 heteroatoms. The zero-order chi connectivity index (χ0) is 6.57. The summed E-state index contributed by atoms with van der Waals surface area (Å²) in [6, 6.07) is 0. The lowest BCUT2D eigenvalue weighted by Crippen LogP contribution is -2.20. The third kappa shape index (κ3) is 4.55. The van der Waals surface area contributed by atoms with E-state index >= 15 is 0 Å². The minimum atomic E-state index is 0.769. The van der Waals surface area contributed by atoms with E-state index in [0.717, 1.165) is 5.66 Å². The number of rotatable bonds is 3. The Morgan fingerprint density at radius 3 is 2.12 bits per heavy atom. The molecule has 0 saturated heterocycles. The number of hydrogen-bond donors (Lipinski definition) is 0. The van der Waals surface area contributed by atoms with Gasteiger partial charge >= 0.3 is 0 Å². The zero-order valence-corrected chi connectivity index (χ0v) is 7.17. The summed E-state index contributed by atoms with van der Waals surface area (Å²) in [6.45, 7) is 3.39. The third-order valence-electron chi connectivity index (χ3n) is 1.12. The Kier molecular flexibility index (Phi) is 4.50. The smallest absolute Gasteiger partial charge is 0.00381 e. The van der Waals surface area contributed by atoms with Gasteiger partial charge in [0.25, 0.3) is 0 Å². The fraction of sp³-hybridized carbons (Fsp3) is 1.00. The van der Waals surface area contributed by atoms with Gasteiger partial charge in [-0.05, 0) is 26.2 Å². The minimum absolute atomic E-state index is 0.769. The summed E-state index contributed by atoms with van der Waals surface area (Å²) in [5.74, 6) is 0. The van der Waals surface area contributed by atoms with Crippen molar-refractivity contribution in [2.24, 2.45) is 0 Å². The summed E-state index contributed by atoms with van der Waals surface area (Å²) in [5, 5.41) is 0. The highest BCUT2D eigenvalue weighted by atomic mass is 31.0. The van der Waals surface area contributed by atoms with E-state index in [1.807, 2.05) is 0 Å². The highest BCUT2D eigenvalue weighted by Gasteiger charge is 1.97. The Morgan fingerprint density at radius 2 is 2.00 bits per heavy atom. The SMILES string of the molecule is CCC(P)CN(C)C. The largest absolute Gasteiger partial charge is 0.309 e. The van der Waals surface area contributed by atoms with Gasteiger partial charge in [-0.3, -0.25) is 0 Å². The molecule has 0 aromatic heterocycles. The van der Waals surface area contributed by atoms with Crippen LogP contribution in [0.5, 0.6) is 0 Å². The predicted octanol–water partition coefficient (Wildman–Crippen LogP) is 1.20. The van der Waals surface area contributed by atoms with E-state index < -0.39 is 0 Å². The zero-order valence-electron chi connectivity index (χ0n) is 6.02. The van der Waals surface area contributed by atoms with Crippen LogP contribution in [0.15, 0.2) is 0 Å². The molecule has 0 aliphatic rings. The van der Waals surface area contributed by atoms with Crippen molar-refractivity contribution < 1.29 is 0 Å². The number of hydrogen-bond acceptors (Lipinski definition) is 1. The molecule has 0 amide bonds. The van der Waals surface area contributed by atoms with Crippen LogP contribution in [0.25, 0.3) is 0 Å². The maximum Gasteiger partial charge on any atom is 0.00381 e. The molecule has 0 saturated carbocycles. The average molecular weight is 133 g/mol. The van der Waals surface area contributed by atoms with Crippen molar-refractivity contribution >= 4 is 9.24 Å². The number of nitrogens with zero attached hydrogens (tertiary/aromatic N) is 1. The van der Waals surface area contributed by atoms with Crippen molar-refractivity contribution in [1.82, 2.24) is 4.90 Å². The van der Waals surface area contributed by atoms with Gasteiger partial charge in [0.15, 0.2) is 0 Å². The molecular formula is C6H16NP. The highest BCUT2D eigenvalue weighted by molar-refractivity contribution is 7.17. The molecule has 0 aliphatic carbocycles. The second kappa shape index (κ2) is 4.29. The average Bonchev–Trinajstić information content (AvgIpc) is 1.65. The lowest BCUT2D eigenvalue weighted by molar-refractivity contribution is 0.404. The first-order chi connectivity index (χ1) is 3.66. The fourth-order valence-corrected chi connectivity index (χ4v) is 1.02. The van der Waals surface area contributed by atoms with Crippen LogP contribution in [0.1, 0.15) is 13.3 Å². The van der Waals surface area contributed by atoms with Crippen molar-refractivity contribution in [3.05, 3.63) is 0 Å². The van der Waals surface area contributed by atoms with Crippen LogP contribution in [0, 0.1) is 0 Å². The van der Waals surface area contributed by atoms with Crippen molar-refractivity contribution in [2.75, 3.05) is 20.6 Å². The summed E-state index contributed by atoms with van der Waals surface area (Å²) in [7, 11) is 7.04. The second-order valence-corrected chi connectivity index (χ2v) is 3.37. The summed E-state index contributed by atoms with van der Waals surface area (Å²) >= 11 is 0. The summed E-state index contributed by atoms with van der Waals surface area (Å²) < 4.78 is 0. The van der Waals surface area contributed by atoms with Gasteiger partial charge in [0, 0.05) is 6.54 Å². The van der Waals surface area contributed by atoms with E-state index in [9.17, 15) is 0 Å². The van der Waals surface area contributed by atoms with Crippen molar-refractivity contribution in [1.29, 1.82) is 0 Å². The first-order valence-electron chi connectivity index (χ1n) is 3.07. The summed E-state index contributed by atoms with van der Waals surface area (Å²) in [4.78, 5) is 2.21. The Hall–Kier alpha value is 0.390. The van der Waals surface area contributed by atoms with Gasteiger partial charge in [-0.2, -0.15) is 0 Å². The minimum Gasteiger partial charge on any atom is -0.309 e. The molecule has 2 unspecified atom stereocenters. The van der Waals surface area contributed by atoms with Gasteiger partial charge in [-0.1, -0.05) is 6.92 Å². The fourth-order valence-electron chi connectivity index (χ4n) is 0.598. The topological polar surface area (TPSA) is 3.24 Å². The molecule has 0 aliphatic heterocycles. The van der Waals surface area contributed by atoms with E-state index in [-0.39, 0.29) is 0 Å². The molecular weight excluding hydrogens is 117 g/mol. The van der Waals surface area contributed by atoms with Crippen molar-refractivity contribution in [3.8, 4) is 0 Å². The molecule has 8 heavy (non-hydrogen) atoms. The maximum atomic E-state index is 2.84. The Balaban J connectivity index is 3.10. The molecule has 0 bridgehead atoms. The van der Waals surface area contributed by atoms with Gasteiger partial charge in [-0.15, -0.1) is 9.24 Å². The van der Waals surface area contributed by atoms with Crippen LogP contribution >= 0.6 is 9.24 Å². The molecule has 1 nitrogen and oxygen atoms in total. The lowest BCUT2D eigenvalue weighted by Gasteiger charge is -2.13. The van der Waals surface area contributed by atoms with Crippen LogP contribution in [-0.2, 0) is 0 Å².